The van der Waals surface area contributed by atoms with Gasteiger partial charge >= 0.3 is 12.1 Å². The van der Waals surface area contributed by atoms with Crippen molar-refractivity contribution in [2.24, 2.45) is 11.8 Å². The molecular formula is C33H35NO6. The molecule has 2 aliphatic rings. The van der Waals surface area contributed by atoms with Crippen LogP contribution in [0.25, 0.3) is 5.57 Å². The molecule has 7 nitrogen and oxygen atoms in total. The quantitative estimate of drug-likeness (QED) is 0.297. The zero-order valence-electron chi connectivity index (χ0n) is 23.0. The summed E-state index contributed by atoms with van der Waals surface area (Å²) in [5.74, 6) is 0.841. The summed E-state index contributed by atoms with van der Waals surface area (Å²) in [6.45, 7) is 3.09. The molecule has 0 N–H and O–H groups in total. The van der Waals surface area contributed by atoms with Crippen molar-refractivity contribution in [2.75, 3.05) is 26.9 Å². The van der Waals surface area contributed by atoms with Gasteiger partial charge in [0.1, 0.15) is 12.6 Å². The minimum absolute atomic E-state index is 0.0202. The van der Waals surface area contributed by atoms with Crippen LogP contribution in [0.2, 0.25) is 0 Å². The average molecular weight is 542 g/mol. The fraction of sp³-hybridized carbons (Fsp3) is 0.333. The third-order valence-corrected chi connectivity index (χ3v) is 7.62. The highest BCUT2D eigenvalue weighted by atomic mass is 16.6. The molecule has 0 aromatic heterocycles. The lowest BCUT2D eigenvalue weighted by atomic mass is 9.87. The number of carbonyl (C=O) groups excluding carboxylic acids is 2. The Kier molecular flexibility index (Phi) is 8.69. The molecular weight excluding hydrogens is 506 g/mol. The molecule has 0 spiro atoms. The summed E-state index contributed by atoms with van der Waals surface area (Å²) < 4.78 is 22.7. The Hall–Kier alpha value is -4.26. The van der Waals surface area contributed by atoms with Crippen LogP contribution < -0.4 is 9.47 Å². The van der Waals surface area contributed by atoms with E-state index in [1.54, 1.807) is 18.9 Å². The van der Waals surface area contributed by atoms with E-state index in [2.05, 4.69) is 18.2 Å². The van der Waals surface area contributed by atoms with Gasteiger partial charge in [-0.15, -0.1) is 0 Å². The van der Waals surface area contributed by atoms with Gasteiger partial charge in [-0.2, -0.15) is 0 Å². The highest BCUT2D eigenvalue weighted by Crippen LogP contribution is 2.48. The molecule has 0 radical (unpaired) electrons. The van der Waals surface area contributed by atoms with Crippen LogP contribution in [0.15, 0.2) is 84.9 Å². The normalized spacial score (nSPS) is 19.5. The van der Waals surface area contributed by atoms with E-state index in [0.29, 0.717) is 31.1 Å². The maximum Gasteiger partial charge on any atom is 0.410 e. The molecule has 1 aliphatic carbocycles. The summed E-state index contributed by atoms with van der Waals surface area (Å²) in [6, 6.07) is 24.9. The predicted molar refractivity (Wildman–Crippen MR) is 152 cm³/mol. The number of ether oxygens (including phenoxy) is 4. The Morgan fingerprint density at radius 3 is 2.33 bits per heavy atom. The lowest BCUT2D eigenvalue weighted by Crippen LogP contribution is -2.44. The maximum atomic E-state index is 13.2. The Morgan fingerprint density at radius 2 is 1.62 bits per heavy atom. The second-order valence-corrected chi connectivity index (χ2v) is 10.0. The lowest BCUT2D eigenvalue weighted by Gasteiger charge is -2.25. The van der Waals surface area contributed by atoms with Crippen molar-refractivity contribution in [3.8, 4) is 11.5 Å². The van der Waals surface area contributed by atoms with Gasteiger partial charge in [0.15, 0.2) is 11.5 Å². The third-order valence-electron chi connectivity index (χ3n) is 7.62. The minimum atomic E-state index is -0.690. The minimum Gasteiger partial charge on any atom is -0.493 e. The second kappa shape index (κ2) is 12.7. The summed E-state index contributed by atoms with van der Waals surface area (Å²) in [5, 5.41) is 0. The molecule has 1 heterocycles. The van der Waals surface area contributed by atoms with E-state index in [0.717, 1.165) is 23.1 Å². The van der Waals surface area contributed by atoms with Crippen LogP contribution in [-0.2, 0) is 27.3 Å². The average Bonchev–Trinajstić information content (AvgIpc) is 3.57. The van der Waals surface area contributed by atoms with E-state index < -0.39 is 12.1 Å². The SMILES string of the molecule is CCOC(=O)[C@@H]1[C@H]2CC=C(c3ccc(OCCc4ccccc4)c(OC)c3)[C@H]2CN1C(=O)OCc1ccccc1. The topological polar surface area (TPSA) is 74.3 Å². The molecule has 7 heteroatoms. The zero-order valence-corrected chi connectivity index (χ0v) is 23.0. The number of hydrogen-bond acceptors (Lipinski definition) is 6. The van der Waals surface area contributed by atoms with Gasteiger partial charge in [0.2, 0.25) is 0 Å². The highest BCUT2D eigenvalue weighted by molar-refractivity contribution is 5.85. The summed E-state index contributed by atoms with van der Waals surface area (Å²) in [7, 11) is 1.63. The second-order valence-electron chi connectivity index (χ2n) is 10.0. The van der Waals surface area contributed by atoms with Crippen molar-refractivity contribution in [1.29, 1.82) is 0 Å². The first-order chi connectivity index (χ1) is 19.6. The van der Waals surface area contributed by atoms with Gasteiger partial charge in [0, 0.05) is 24.8 Å². The fourth-order valence-electron chi connectivity index (χ4n) is 5.69. The number of allylic oxidation sites excluding steroid dienone is 1. The van der Waals surface area contributed by atoms with E-state index in [1.165, 1.54) is 5.56 Å². The Balaban J connectivity index is 1.30. The van der Waals surface area contributed by atoms with Crippen LogP contribution in [0.3, 0.4) is 0 Å². The van der Waals surface area contributed by atoms with Gasteiger partial charge in [0.05, 0.1) is 20.3 Å². The number of hydrogen-bond donors (Lipinski definition) is 0. The summed E-state index contributed by atoms with van der Waals surface area (Å²) in [6.07, 6.45) is 3.13. The Morgan fingerprint density at radius 1 is 0.900 bits per heavy atom. The Bertz CT molecular complexity index is 1340. The number of methoxy groups -OCH3 is 1. The lowest BCUT2D eigenvalue weighted by molar-refractivity contribution is -0.149. The number of carbonyl (C=O) groups is 2. The van der Waals surface area contributed by atoms with E-state index in [4.69, 9.17) is 18.9 Å². The molecule has 0 unspecified atom stereocenters. The number of nitrogens with zero attached hydrogens (tertiary/aromatic N) is 1. The molecule has 5 rings (SSSR count). The molecule has 3 aromatic carbocycles. The molecule has 3 aromatic rings. The van der Waals surface area contributed by atoms with Crippen LogP contribution in [0.5, 0.6) is 11.5 Å². The van der Waals surface area contributed by atoms with Gasteiger partial charge in [0.25, 0.3) is 0 Å². The van der Waals surface area contributed by atoms with Gasteiger partial charge in [-0.25, -0.2) is 9.59 Å². The molecule has 1 fully saturated rings. The van der Waals surface area contributed by atoms with Gasteiger partial charge in [-0.3, -0.25) is 4.90 Å². The largest absolute Gasteiger partial charge is 0.493 e. The van der Waals surface area contributed by atoms with Crippen molar-refractivity contribution in [3.05, 3.63) is 102 Å². The number of esters is 1. The number of benzene rings is 3. The number of rotatable bonds is 10. The van der Waals surface area contributed by atoms with Crippen molar-refractivity contribution >= 4 is 17.6 Å². The van der Waals surface area contributed by atoms with Crippen LogP contribution in [0, 0.1) is 11.8 Å². The molecule has 40 heavy (non-hydrogen) atoms. The van der Waals surface area contributed by atoms with E-state index in [1.807, 2.05) is 66.7 Å². The monoisotopic (exact) mass is 541 g/mol. The van der Waals surface area contributed by atoms with Crippen LogP contribution >= 0.6 is 0 Å². The first-order valence-corrected chi connectivity index (χ1v) is 13.8. The van der Waals surface area contributed by atoms with Crippen molar-refractivity contribution in [3.63, 3.8) is 0 Å². The van der Waals surface area contributed by atoms with Crippen LogP contribution in [0.4, 0.5) is 4.79 Å². The summed E-state index contributed by atoms with van der Waals surface area (Å²) >= 11 is 0. The smallest absolute Gasteiger partial charge is 0.410 e. The van der Waals surface area contributed by atoms with Gasteiger partial charge < -0.3 is 18.9 Å². The first-order valence-electron chi connectivity index (χ1n) is 13.8. The molecule has 1 aliphatic heterocycles. The zero-order chi connectivity index (χ0) is 27.9. The Labute approximate surface area is 235 Å². The molecule has 0 bridgehead atoms. The van der Waals surface area contributed by atoms with Crippen molar-refractivity contribution in [2.45, 2.75) is 32.4 Å². The van der Waals surface area contributed by atoms with Crippen molar-refractivity contribution in [1.82, 2.24) is 4.90 Å². The standard InChI is InChI=1S/C33H35NO6/c1-3-38-32(35)31-27-16-15-26(28(27)21-34(31)33(36)40-22-24-12-8-5-9-13-24)25-14-17-29(30(20-25)37-2)39-19-18-23-10-6-4-7-11-23/h4-15,17,20,27-28,31H,3,16,18-19,21-22H2,1-2H3/t27-,28+,31-/m0/s1. The van der Waals surface area contributed by atoms with Gasteiger partial charge in [-0.1, -0.05) is 72.8 Å². The maximum absolute atomic E-state index is 13.2. The van der Waals surface area contributed by atoms with Crippen molar-refractivity contribution < 1.29 is 28.5 Å². The number of likely N-dealkylation sites (tertiary alicyclic amines) is 1. The first kappa shape index (κ1) is 27.3. The summed E-state index contributed by atoms with van der Waals surface area (Å²) in [4.78, 5) is 27.8. The molecule has 208 valence electrons. The number of fused-ring (bicyclic) bond motifs is 1. The fourth-order valence-corrected chi connectivity index (χ4v) is 5.69. The molecule has 1 amide bonds. The van der Waals surface area contributed by atoms with E-state index in [9.17, 15) is 9.59 Å². The molecule has 0 saturated carbocycles. The predicted octanol–water partition coefficient (Wildman–Crippen LogP) is 5.92. The third kappa shape index (κ3) is 5.98. The number of amides is 1. The van der Waals surface area contributed by atoms with E-state index >= 15 is 0 Å². The van der Waals surface area contributed by atoms with Crippen LogP contribution in [-0.4, -0.2) is 49.9 Å². The molecule has 1 saturated heterocycles. The van der Waals surface area contributed by atoms with Gasteiger partial charge in [-0.05, 0) is 47.7 Å². The summed E-state index contributed by atoms with van der Waals surface area (Å²) in [5.41, 5.74) is 4.18. The highest BCUT2D eigenvalue weighted by Gasteiger charge is 2.52. The van der Waals surface area contributed by atoms with E-state index in [-0.39, 0.29) is 31.0 Å². The molecule has 3 atom stereocenters. The van der Waals surface area contributed by atoms with Crippen LogP contribution in [0.1, 0.15) is 30.0 Å².